The van der Waals surface area contributed by atoms with E-state index >= 15 is 0 Å². The quantitative estimate of drug-likeness (QED) is 0.825. The van der Waals surface area contributed by atoms with Crippen LogP contribution in [0.3, 0.4) is 0 Å². The fourth-order valence-electron chi connectivity index (χ4n) is 2.13. The average Bonchev–Trinajstić information content (AvgIpc) is 2.82. The normalized spacial score (nSPS) is 24.5. The number of oxazole rings is 1. The van der Waals surface area contributed by atoms with E-state index in [2.05, 4.69) is 4.98 Å². The molecule has 1 aliphatic rings. The molecular formula is C13H19FN2O3. The predicted molar refractivity (Wildman–Crippen MR) is 66.5 cm³/mol. The number of amides is 1. The fraction of sp³-hybridized carbons (Fsp3) is 0.692. The molecule has 2 rings (SSSR count). The molecule has 0 spiro atoms. The minimum Gasteiger partial charge on any atom is -0.438 e. The molecule has 0 unspecified atom stereocenters. The second-order valence-corrected chi connectivity index (χ2v) is 5.69. The maximum atomic E-state index is 14.1. The first kappa shape index (κ1) is 14.0. The van der Waals surface area contributed by atoms with Gasteiger partial charge in [-0.2, -0.15) is 0 Å². The minimum absolute atomic E-state index is 0.0281. The lowest BCUT2D eigenvalue weighted by atomic mass is 10.0. The number of ether oxygens (including phenoxy) is 1. The summed E-state index contributed by atoms with van der Waals surface area (Å²) in [6.07, 6.45) is 1.37. The number of carbonyl (C=O) groups excluding carboxylic acids is 1. The SMILES string of the molecule is CC(C)(C)O[C@H]1CCN(C(=O)c2cnco2)C[C@H]1F. The number of alkyl halides is 1. The smallest absolute Gasteiger partial charge is 0.291 e. The van der Waals surface area contributed by atoms with Crippen molar-refractivity contribution in [2.24, 2.45) is 0 Å². The van der Waals surface area contributed by atoms with Gasteiger partial charge in [0.1, 0.15) is 6.17 Å². The van der Waals surface area contributed by atoms with Gasteiger partial charge >= 0.3 is 0 Å². The Labute approximate surface area is 111 Å². The number of carbonyl (C=O) groups is 1. The van der Waals surface area contributed by atoms with Gasteiger partial charge in [-0.25, -0.2) is 9.37 Å². The molecule has 106 valence electrons. The highest BCUT2D eigenvalue weighted by Gasteiger charge is 2.35. The standard InChI is InChI=1S/C13H19FN2O3/c1-13(2,3)19-10-4-5-16(7-9(10)14)12(17)11-6-15-8-18-11/h6,8-10H,4-5,7H2,1-3H3/t9-,10+/m1/s1. The molecule has 1 fully saturated rings. The minimum atomic E-state index is -1.18. The molecule has 1 aromatic rings. The first-order valence-electron chi connectivity index (χ1n) is 6.36. The second kappa shape index (κ2) is 5.28. The molecular weight excluding hydrogens is 251 g/mol. The Hall–Kier alpha value is -1.43. The van der Waals surface area contributed by atoms with Crippen LogP contribution in [0.2, 0.25) is 0 Å². The van der Waals surface area contributed by atoms with Crippen LogP contribution in [0, 0.1) is 0 Å². The zero-order chi connectivity index (χ0) is 14.0. The molecule has 0 saturated carbocycles. The molecule has 1 amide bonds. The molecule has 5 nitrogen and oxygen atoms in total. The van der Waals surface area contributed by atoms with Crippen molar-refractivity contribution in [3.05, 3.63) is 18.4 Å². The van der Waals surface area contributed by atoms with Crippen molar-refractivity contribution in [1.82, 2.24) is 9.88 Å². The van der Waals surface area contributed by atoms with E-state index < -0.39 is 12.3 Å². The number of piperidine rings is 1. The van der Waals surface area contributed by atoms with Crippen molar-refractivity contribution in [1.29, 1.82) is 0 Å². The Bertz CT molecular complexity index is 428. The largest absolute Gasteiger partial charge is 0.438 e. The second-order valence-electron chi connectivity index (χ2n) is 5.69. The first-order valence-corrected chi connectivity index (χ1v) is 6.36. The van der Waals surface area contributed by atoms with Gasteiger partial charge in [-0.15, -0.1) is 0 Å². The van der Waals surface area contributed by atoms with Crippen LogP contribution < -0.4 is 0 Å². The summed E-state index contributed by atoms with van der Waals surface area (Å²) in [4.78, 5) is 17.1. The van der Waals surface area contributed by atoms with Crippen molar-refractivity contribution in [3.8, 4) is 0 Å². The van der Waals surface area contributed by atoms with Gasteiger partial charge in [-0.05, 0) is 27.2 Å². The molecule has 19 heavy (non-hydrogen) atoms. The highest BCUT2D eigenvalue weighted by atomic mass is 19.1. The Kier molecular flexibility index (Phi) is 3.89. The molecule has 0 radical (unpaired) electrons. The third-order valence-corrected chi connectivity index (χ3v) is 2.92. The van der Waals surface area contributed by atoms with E-state index in [1.807, 2.05) is 20.8 Å². The van der Waals surface area contributed by atoms with Crippen LogP contribution in [0.15, 0.2) is 17.0 Å². The van der Waals surface area contributed by atoms with Gasteiger partial charge in [0.2, 0.25) is 5.76 Å². The van der Waals surface area contributed by atoms with Crippen LogP contribution in [0.4, 0.5) is 4.39 Å². The number of halogens is 1. The van der Waals surface area contributed by atoms with Crippen molar-refractivity contribution >= 4 is 5.91 Å². The summed E-state index contributed by atoms with van der Waals surface area (Å²) in [7, 11) is 0. The maximum Gasteiger partial charge on any atom is 0.291 e. The fourth-order valence-corrected chi connectivity index (χ4v) is 2.13. The van der Waals surface area contributed by atoms with Crippen LogP contribution in [-0.2, 0) is 4.74 Å². The van der Waals surface area contributed by atoms with Gasteiger partial charge in [-0.1, -0.05) is 0 Å². The molecule has 0 aromatic carbocycles. The summed E-state index contributed by atoms with van der Waals surface area (Å²) in [6.45, 7) is 6.17. The lowest BCUT2D eigenvalue weighted by Crippen LogP contribution is -2.49. The molecule has 1 aliphatic heterocycles. The number of aromatic nitrogens is 1. The van der Waals surface area contributed by atoms with E-state index in [1.165, 1.54) is 17.5 Å². The van der Waals surface area contributed by atoms with Crippen LogP contribution in [0.1, 0.15) is 37.7 Å². The number of hydrogen-bond donors (Lipinski definition) is 0. The molecule has 1 saturated heterocycles. The van der Waals surface area contributed by atoms with E-state index in [1.54, 1.807) is 0 Å². The lowest BCUT2D eigenvalue weighted by molar-refractivity contribution is -0.111. The molecule has 2 atom stereocenters. The summed E-state index contributed by atoms with van der Waals surface area (Å²) in [5.74, 6) is -0.184. The zero-order valence-electron chi connectivity index (χ0n) is 11.4. The predicted octanol–water partition coefficient (Wildman–Crippen LogP) is 2.04. The van der Waals surface area contributed by atoms with Gasteiger partial charge < -0.3 is 14.1 Å². The maximum absolute atomic E-state index is 14.1. The van der Waals surface area contributed by atoms with Gasteiger partial charge in [0, 0.05) is 6.54 Å². The van der Waals surface area contributed by atoms with E-state index in [-0.39, 0.29) is 23.8 Å². The number of rotatable bonds is 2. The Balaban J connectivity index is 1.95. The van der Waals surface area contributed by atoms with Crippen molar-refractivity contribution in [2.45, 2.75) is 45.1 Å². The third-order valence-electron chi connectivity index (χ3n) is 2.92. The van der Waals surface area contributed by atoms with Gasteiger partial charge in [0.05, 0.1) is 24.4 Å². The summed E-state index contributed by atoms with van der Waals surface area (Å²) in [5.41, 5.74) is -0.383. The van der Waals surface area contributed by atoms with E-state index in [0.717, 1.165) is 0 Å². The van der Waals surface area contributed by atoms with E-state index in [0.29, 0.717) is 13.0 Å². The Morgan fingerprint density at radius 1 is 1.58 bits per heavy atom. The summed E-state index contributed by atoms with van der Waals surface area (Å²) >= 11 is 0. The molecule has 1 aromatic heterocycles. The molecule has 0 aliphatic carbocycles. The number of hydrogen-bond acceptors (Lipinski definition) is 4. The Morgan fingerprint density at radius 3 is 2.84 bits per heavy atom. The Morgan fingerprint density at radius 2 is 2.32 bits per heavy atom. The molecule has 6 heteroatoms. The third kappa shape index (κ3) is 3.53. The van der Waals surface area contributed by atoms with Gasteiger partial charge in [-0.3, -0.25) is 4.79 Å². The monoisotopic (exact) mass is 270 g/mol. The first-order chi connectivity index (χ1) is 8.87. The highest BCUT2D eigenvalue weighted by Crippen LogP contribution is 2.23. The van der Waals surface area contributed by atoms with E-state index in [9.17, 15) is 9.18 Å². The van der Waals surface area contributed by atoms with Crippen LogP contribution >= 0.6 is 0 Å². The van der Waals surface area contributed by atoms with Crippen LogP contribution in [0.5, 0.6) is 0 Å². The van der Waals surface area contributed by atoms with E-state index in [4.69, 9.17) is 9.15 Å². The van der Waals surface area contributed by atoms with Crippen molar-refractivity contribution < 1.29 is 18.3 Å². The molecule has 0 bridgehead atoms. The average molecular weight is 270 g/mol. The lowest BCUT2D eigenvalue weighted by Gasteiger charge is -2.37. The van der Waals surface area contributed by atoms with Crippen molar-refractivity contribution in [2.75, 3.05) is 13.1 Å². The zero-order valence-corrected chi connectivity index (χ0v) is 11.4. The summed E-state index contributed by atoms with van der Waals surface area (Å²) in [5, 5.41) is 0. The molecule has 2 heterocycles. The van der Waals surface area contributed by atoms with Crippen molar-refractivity contribution in [3.63, 3.8) is 0 Å². The van der Waals surface area contributed by atoms with Crippen LogP contribution in [-0.4, -0.2) is 46.8 Å². The van der Waals surface area contributed by atoms with Gasteiger partial charge in [0.25, 0.3) is 5.91 Å². The van der Waals surface area contributed by atoms with Crippen LogP contribution in [0.25, 0.3) is 0 Å². The molecule has 0 N–H and O–H groups in total. The number of likely N-dealkylation sites (tertiary alicyclic amines) is 1. The highest BCUT2D eigenvalue weighted by molar-refractivity contribution is 5.91. The van der Waals surface area contributed by atoms with Gasteiger partial charge in [0.15, 0.2) is 6.39 Å². The topological polar surface area (TPSA) is 55.6 Å². The summed E-state index contributed by atoms with van der Waals surface area (Å²) < 4.78 is 24.7. The summed E-state index contributed by atoms with van der Waals surface area (Å²) in [6, 6.07) is 0. The number of nitrogens with zero attached hydrogens (tertiary/aromatic N) is 2.